The summed E-state index contributed by atoms with van der Waals surface area (Å²) in [5.74, 6) is 0.685. The second-order valence-electron chi connectivity index (χ2n) is 8.89. The third kappa shape index (κ3) is 5.42. The highest BCUT2D eigenvalue weighted by molar-refractivity contribution is 5.86. The van der Waals surface area contributed by atoms with Crippen molar-refractivity contribution >= 4 is 11.9 Å². The molecule has 1 fully saturated rings. The van der Waals surface area contributed by atoms with E-state index in [0.29, 0.717) is 31.2 Å². The zero-order valence-electron chi connectivity index (χ0n) is 19.2. The Morgan fingerprint density at radius 2 is 2.24 bits per heavy atom. The molecule has 4 rings (SSSR count). The molecule has 0 unspecified atom stereocenters. The van der Waals surface area contributed by atoms with Crippen LogP contribution in [0.4, 0.5) is 0 Å². The first-order valence-electron chi connectivity index (χ1n) is 11.3. The van der Waals surface area contributed by atoms with Gasteiger partial charge in [0.1, 0.15) is 5.76 Å². The van der Waals surface area contributed by atoms with E-state index in [-0.39, 0.29) is 23.7 Å². The van der Waals surface area contributed by atoms with Gasteiger partial charge in [-0.25, -0.2) is 9.48 Å². The van der Waals surface area contributed by atoms with Gasteiger partial charge >= 0.3 is 5.97 Å². The molecule has 2 aromatic heterocycles. The van der Waals surface area contributed by atoms with Crippen molar-refractivity contribution in [1.82, 2.24) is 25.2 Å². The number of hydrogen-bond donors (Lipinski definition) is 1. The van der Waals surface area contributed by atoms with Gasteiger partial charge in [0, 0.05) is 13.1 Å². The number of carbonyl (C=O) groups is 2. The Bertz CT molecular complexity index is 1030. The first kappa shape index (κ1) is 23.0. The number of likely N-dealkylation sites (tertiary alicyclic amines) is 1. The molecule has 3 heterocycles. The van der Waals surface area contributed by atoms with Crippen LogP contribution in [0.15, 0.2) is 52.8 Å². The summed E-state index contributed by atoms with van der Waals surface area (Å²) in [6, 6.07) is 3.26. The molecule has 0 spiro atoms. The molecule has 176 valence electrons. The minimum atomic E-state index is -0.525. The number of aromatic nitrogens is 3. The molecule has 33 heavy (non-hydrogen) atoms. The van der Waals surface area contributed by atoms with Crippen molar-refractivity contribution in [3.05, 3.63) is 59.8 Å². The van der Waals surface area contributed by atoms with Crippen LogP contribution in [0, 0.1) is 5.92 Å². The summed E-state index contributed by atoms with van der Waals surface area (Å²) in [4.78, 5) is 27.1. The van der Waals surface area contributed by atoms with E-state index in [1.165, 1.54) is 18.3 Å². The summed E-state index contributed by atoms with van der Waals surface area (Å²) in [5.41, 5.74) is 2.75. The minimum Gasteiger partial charge on any atom is -0.467 e. The number of methoxy groups -OCH3 is 1. The fraction of sp³-hybridized carbons (Fsp3) is 0.500. The largest absolute Gasteiger partial charge is 0.467 e. The highest BCUT2D eigenvalue weighted by Crippen LogP contribution is 2.32. The molecule has 1 amide bonds. The maximum Gasteiger partial charge on any atom is 0.360 e. The summed E-state index contributed by atoms with van der Waals surface area (Å²) >= 11 is 0. The molecular weight excluding hydrogens is 422 g/mol. The van der Waals surface area contributed by atoms with Crippen LogP contribution in [0.2, 0.25) is 0 Å². The second-order valence-corrected chi connectivity index (χ2v) is 8.89. The number of rotatable bonds is 8. The monoisotopic (exact) mass is 453 g/mol. The van der Waals surface area contributed by atoms with Gasteiger partial charge in [-0.05, 0) is 50.7 Å². The fourth-order valence-corrected chi connectivity index (χ4v) is 4.62. The molecule has 9 nitrogen and oxygen atoms in total. The predicted molar refractivity (Wildman–Crippen MR) is 121 cm³/mol. The number of carbonyl (C=O) groups excluding carboxylic acids is 2. The Morgan fingerprint density at radius 3 is 2.91 bits per heavy atom. The van der Waals surface area contributed by atoms with Crippen LogP contribution in [0.1, 0.15) is 54.9 Å². The maximum atomic E-state index is 13.1. The van der Waals surface area contributed by atoms with Crippen molar-refractivity contribution < 1.29 is 18.7 Å². The van der Waals surface area contributed by atoms with Gasteiger partial charge in [0.05, 0.1) is 38.2 Å². The van der Waals surface area contributed by atoms with Gasteiger partial charge in [0.25, 0.3) is 0 Å². The zero-order valence-corrected chi connectivity index (χ0v) is 19.2. The number of hydrogen-bond acceptors (Lipinski definition) is 7. The lowest BCUT2D eigenvalue weighted by molar-refractivity contribution is -0.125. The molecule has 0 bridgehead atoms. The van der Waals surface area contributed by atoms with Gasteiger partial charge in [-0.1, -0.05) is 29.0 Å². The molecule has 1 aliphatic carbocycles. The van der Waals surface area contributed by atoms with Gasteiger partial charge in [-0.2, -0.15) is 0 Å². The van der Waals surface area contributed by atoms with E-state index >= 15 is 0 Å². The lowest BCUT2D eigenvalue weighted by Gasteiger charge is -2.28. The van der Waals surface area contributed by atoms with Crippen molar-refractivity contribution in [3.8, 4) is 0 Å². The average Bonchev–Trinajstić information content (AvgIpc) is 3.58. The fourth-order valence-electron chi connectivity index (χ4n) is 4.62. The van der Waals surface area contributed by atoms with Crippen molar-refractivity contribution in [2.24, 2.45) is 5.92 Å². The summed E-state index contributed by atoms with van der Waals surface area (Å²) in [6.07, 6.45) is 9.18. The number of nitrogens with zero attached hydrogens (tertiary/aromatic N) is 4. The predicted octanol–water partition coefficient (Wildman–Crippen LogP) is 2.89. The van der Waals surface area contributed by atoms with Crippen LogP contribution >= 0.6 is 0 Å². The number of allylic oxidation sites excluding steroid dienone is 2. The summed E-state index contributed by atoms with van der Waals surface area (Å²) < 4.78 is 11.7. The van der Waals surface area contributed by atoms with Gasteiger partial charge in [-0.3, -0.25) is 9.69 Å². The van der Waals surface area contributed by atoms with E-state index in [0.717, 1.165) is 25.8 Å². The number of furan rings is 1. The lowest BCUT2D eigenvalue weighted by Crippen LogP contribution is -2.43. The third-order valence-electron chi connectivity index (χ3n) is 6.59. The van der Waals surface area contributed by atoms with Crippen molar-refractivity contribution in [3.63, 3.8) is 0 Å². The van der Waals surface area contributed by atoms with E-state index < -0.39 is 5.97 Å². The normalized spacial score (nSPS) is 23.2. The Hall–Kier alpha value is -3.20. The van der Waals surface area contributed by atoms with Crippen molar-refractivity contribution in [1.29, 1.82) is 0 Å². The SMILES string of the molecule is C=C(C)[C@@H]1CC=C(CN2C[C@@H](n3cc(C(=O)OC)nn3)C[C@H]2C(=O)NCc2ccco2)CC1. The van der Waals surface area contributed by atoms with E-state index in [1.54, 1.807) is 23.2 Å². The van der Waals surface area contributed by atoms with Crippen LogP contribution in [0.3, 0.4) is 0 Å². The molecule has 1 N–H and O–H groups in total. The topological polar surface area (TPSA) is 102 Å². The summed E-state index contributed by atoms with van der Waals surface area (Å²) in [5, 5.41) is 11.0. The number of ether oxygens (including phenoxy) is 1. The third-order valence-corrected chi connectivity index (χ3v) is 6.59. The second kappa shape index (κ2) is 10.2. The van der Waals surface area contributed by atoms with Crippen LogP contribution in [0.25, 0.3) is 0 Å². The van der Waals surface area contributed by atoms with E-state index in [1.807, 2.05) is 6.07 Å². The maximum absolute atomic E-state index is 13.1. The minimum absolute atomic E-state index is 0.0431. The smallest absolute Gasteiger partial charge is 0.360 e. The number of amides is 1. The van der Waals surface area contributed by atoms with E-state index in [2.05, 4.69) is 40.1 Å². The standard InChI is InChI=1S/C24H31N5O4/c1-16(2)18-8-6-17(7-9-18)13-28-14-19(29-15-21(26-27-29)24(31)32-3)11-22(28)23(30)25-12-20-5-4-10-33-20/h4-6,10,15,18-19,22H,1,7-9,11-14H2,2-3H3,(H,25,30)/t18-,19+,22+/m1/s1. The van der Waals surface area contributed by atoms with Crippen LogP contribution in [0.5, 0.6) is 0 Å². The van der Waals surface area contributed by atoms with Crippen LogP contribution in [-0.4, -0.2) is 58.0 Å². The molecule has 0 radical (unpaired) electrons. The van der Waals surface area contributed by atoms with Crippen molar-refractivity contribution in [2.45, 2.75) is 51.2 Å². The highest BCUT2D eigenvalue weighted by atomic mass is 16.5. The number of esters is 1. The molecule has 3 atom stereocenters. The Labute approximate surface area is 193 Å². The molecule has 2 aliphatic rings. The van der Waals surface area contributed by atoms with Gasteiger partial charge in [0.15, 0.2) is 5.69 Å². The highest BCUT2D eigenvalue weighted by Gasteiger charge is 2.38. The zero-order chi connectivity index (χ0) is 23.4. The van der Waals surface area contributed by atoms with Crippen LogP contribution in [-0.2, 0) is 16.1 Å². The molecule has 0 aromatic carbocycles. The summed E-state index contributed by atoms with van der Waals surface area (Å²) in [7, 11) is 1.31. The lowest BCUT2D eigenvalue weighted by atomic mass is 9.85. The first-order chi connectivity index (χ1) is 15.9. The van der Waals surface area contributed by atoms with Crippen LogP contribution < -0.4 is 5.32 Å². The van der Waals surface area contributed by atoms with E-state index in [9.17, 15) is 9.59 Å². The number of nitrogens with one attached hydrogen (secondary N) is 1. The Balaban J connectivity index is 1.47. The molecule has 1 saturated heterocycles. The van der Waals surface area contributed by atoms with E-state index in [4.69, 9.17) is 9.15 Å². The molecule has 0 saturated carbocycles. The van der Waals surface area contributed by atoms with Gasteiger partial charge in [-0.15, -0.1) is 5.10 Å². The molecule has 9 heteroatoms. The quantitative estimate of drug-likeness (QED) is 0.484. The molecule has 1 aliphatic heterocycles. The first-order valence-corrected chi connectivity index (χ1v) is 11.3. The average molecular weight is 454 g/mol. The summed E-state index contributed by atoms with van der Waals surface area (Å²) in [6.45, 7) is 7.91. The molecular formula is C24H31N5O4. The Morgan fingerprint density at radius 1 is 1.39 bits per heavy atom. The van der Waals surface area contributed by atoms with Crippen molar-refractivity contribution in [2.75, 3.05) is 20.2 Å². The molecule has 2 aromatic rings. The van der Waals surface area contributed by atoms with Gasteiger partial charge < -0.3 is 14.5 Å². The van der Waals surface area contributed by atoms with Gasteiger partial charge in [0.2, 0.25) is 5.91 Å². The Kier molecular flexibility index (Phi) is 7.08.